The second-order valence-corrected chi connectivity index (χ2v) is 8.00. The van der Waals surface area contributed by atoms with Gasteiger partial charge < -0.3 is 15.4 Å². The summed E-state index contributed by atoms with van der Waals surface area (Å²) in [5, 5.41) is 7.59. The molecule has 0 saturated heterocycles. The second kappa shape index (κ2) is 11.7. The van der Waals surface area contributed by atoms with Crippen LogP contribution in [0.5, 0.6) is 5.75 Å². The summed E-state index contributed by atoms with van der Waals surface area (Å²) in [7, 11) is 1.65. The van der Waals surface area contributed by atoms with Crippen LogP contribution in [0.3, 0.4) is 0 Å². The van der Waals surface area contributed by atoms with Crippen LogP contribution in [0, 0.1) is 5.82 Å². The average molecular weight is 445 g/mol. The van der Waals surface area contributed by atoms with Crippen LogP contribution in [0.2, 0.25) is 5.02 Å². The van der Waals surface area contributed by atoms with Crippen molar-refractivity contribution in [1.82, 2.24) is 9.97 Å². The smallest absolute Gasteiger partial charge is 0.144 e. The van der Waals surface area contributed by atoms with Crippen molar-refractivity contribution in [2.45, 2.75) is 51.9 Å². The van der Waals surface area contributed by atoms with Crippen LogP contribution < -0.4 is 15.4 Å². The summed E-state index contributed by atoms with van der Waals surface area (Å²) >= 11 is 5.91. The molecule has 0 fully saturated rings. The highest BCUT2D eigenvalue weighted by Gasteiger charge is 2.11. The van der Waals surface area contributed by atoms with Gasteiger partial charge in [-0.25, -0.2) is 14.4 Å². The zero-order valence-corrected chi connectivity index (χ0v) is 18.9. The fraction of sp³-hybridized carbons (Fsp3) is 0.417. The van der Waals surface area contributed by atoms with Crippen LogP contribution in [-0.4, -0.2) is 23.6 Å². The quantitative estimate of drug-likeness (QED) is 0.286. The van der Waals surface area contributed by atoms with E-state index in [0.717, 1.165) is 35.3 Å². The number of halogens is 2. The predicted molar refractivity (Wildman–Crippen MR) is 127 cm³/mol. The van der Waals surface area contributed by atoms with E-state index in [4.69, 9.17) is 16.3 Å². The summed E-state index contributed by atoms with van der Waals surface area (Å²) in [6, 6.07) is 8.37. The van der Waals surface area contributed by atoms with E-state index >= 15 is 0 Å². The van der Waals surface area contributed by atoms with Crippen molar-refractivity contribution in [1.29, 1.82) is 0 Å². The van der Waals surface area contributed by atoms with Crippen molar-refractivity contribution < 1.29 is 9.13 Å². The Morgan fingerprint density at radius 1 is 1.00 bits per heavy atom. The maximum absolute atomic E-state index is 13.5. The van der Waals surface area contributed by atoms with E-state index < -0.39 is 5.82 Å². The van der Waals surface area contributed by atoms with Crippen molar-refractivity contribution in [2.75, 3.05) is 24.3 Å². The standard InChI is InChI=1S/C24H30ClFN4O/c1-3-4-5-6-7-8-9-12-27-22-14-18-21(15-23(22)31-2)28-16-29-24(18)30-17-10-11-20(26)19(25)13-17/h10-11,13-16,27H,3-9,12H2,1-2H3,(H,28,29,30). The van der Waals surface area contributed by atoms with E-state index in [1.54, 1.807) is 13.2 Å². The average Bonchev–Trinajstić information content (AvgIpc) is 2.78. The van der Waals surface area contributed by atoms with Gasteiger partial charge in [-0.05, 0) is 30.7 Å². The van der Waals surface area contributed by atoms with Crippen molar-refractivity contribution in [3.8, 4) is 5.75 Å². The van der Waals surface area contributed by atoms with Crippen LogP contribution in [0.1, 0.15) is 51.9 Å². The van der Waals surface area contributed by atoms with Gasteiger partial charge in [-0.1, -0.05) is 57.0 Å². The lowest BCUT2D eigenvalue weighted by atomic mass is 10.1. The molecule has 0 bridgehead atoms. The van der Waals surface area contributed by atoms with Crippen LogP contribution in [0.15, 0.2) is 36.7 Å². The SMILES string of the molecule is CCCCCCCCCNc1cc2c(Nc3ccc(F)c(Cl)c3)ncnc2cc1OC. The minimum atomic E-state index is -0.457. The number of hydrogen-bond acceptors (Lipinski definition) is 5. The third kappa shape index (κ3) is 6.44. The summed E-state index contributed by atoms with van der Waals surface area (Å²) in [5.74, 6) is 0.903. The third-order valence-corrected chi connectivity index (χ3v) is 5.52. The first-order valence-electron chi connectivity index (χ1n) is 10.9. The normalized spacial score (nSPS) is 11.0. The summed E-state index contributed by atoms with van der Waals surface area (Å²) in [4.78, 5) is 8.73. The number of nitrogens with one attached hydrogen (secondary N) is 2. The van der Waals surface area contributed by atoms with E-state index in [-0.39, 0.29) is 5.02 Å². The van der Waals surface area contributed by atoms with E-state index in [9.17, 15) is 4.39 Å². The van der Waals surface area contributed by atoms with Gasteiger partial charge in [0.1, 0.15) is 23.7 Å². The Hall–Kier alpha value is -2.60. The maximum atomic E-state index is 13.5. The first kappa shape index (κ1) is 23.1. The minimum absolute atomic E-state index is 0.0575. The molecule has 0 aliphatic carbocycles. The molecular weight excluding hydrogens is 415 g/mol. The van der Waals surface area contributed by atoms with Gasteiger partial charge in [0, 0.05) is 23.7 Å². The Bertz CT molecular complexity index is 999. The van der Waals surface area contributed by atoms with Crippen LogP contribution in [0.4, 0.5) is 21.6 Å². The van der Waals surface area contributed by atoms with Gasteiger partial charge in [-0.15, -0.1) is 0 Å². The molecule has 2 aromatic carbocycles. The van der Waals surface area contributed by atoms with E-state index in [1.165, 1.54) is 57.0 Å². The largest absolute Gasteiger partial charge is 0.495 e. The van der Waals surface area contributed by atoms with Gasteiger partial charge in [-0.3, -0.25) is 0 Å². The maximum Gasteiger partial charge on any atom is 0.144 e. The van der Waals surface area contributed by atoms with Gasteiger partial charge in [0.2, 0.25) is 0 Å². The Kier molecular flexibility index (Phi) is 8.71. The molecule has 0 aliphatic heterocycles. The zero-order chi connectivity index (χ0) is 22.1. The van der Waals surface area contributed by atoms with Gasteiger partial charge in [0.15, 0.2) is 0 Å². The third-order valence-electron chi connectivity index (χ3n) is 5.23. The minimum Gasteiger partial charge on any atom is -0.495 e. The second-order valence-electron chi connectivity index (χ2n) is 7.59. The molecule has 0 aliphatic rings. The molecule has 0 radical (unpaired) electrons. The topological polar surface area (TPSA) is 59.1 Å². The molecule has 0 spiro atoms. The van der Waals surface area contributed by atoms with Gasteiger partial charge in [0.05, 0.1) is 23.3 Å². The number of benzene rings is 2. The molecule has 31 heavy (non-hydrogen) atoms. The first-order valence-corrected chi connectivity index (χ1v) is 11.3. The summed E-state index contributed by atoms with van der Waals surface area (Å²) in [5.41, 5.74) is 2.31. The molecule has 166 valence electrons. The highest BCUT2D eigenvalue weighted by atomic mass is 35.5. The molecule has 0 unspecified atom stereocenters. The Morgan fingerprint density at radius 3 is 2.52 bits per heavy atom. The molecule has 1 heterocycles. The molecule has 7 heteroatoms. The fourth-order valence-electron chi connectivity index (χ4n) is 3.51. The number of ether oxygens (including phenoxy) is 1. The van der Waals surface area contributed by atoms with Crippen molar-refractivity contribution >= 4 is 39.7 Å². The first-order chi connectivity index (χ1) is 15.1. The molecule has 0 saturated carbocycles. The molecule has 0 atom stereocenters. The van der Waals surface area contributed by atoms with Gasteiger partial charge in [0.25, 0.3) is 0 Å². The number of fused-ring (bicyclic) bond motifs is 1. The molecule has 5 nitrogen and oxygen atoms in total. The summed E-state index contributed by atoms with van der Waals surface area (Å²) < 4.78 is 19.0. The lowest BCUT2D eigenvalue weighted by Gasteiger charge is -2.14. The van der Waals surface area contributed by atoms with Gasteiger partial charge >= 0.3 is 0 Å². The number of nitrogens with zero attached hydrogens (tertiary/aromatic N) is 2. The van der Waals surface area contributed by atoms with Crippen molar-refractivity contribution in [3.05, 3.63) is 47.5 Å². The lowest BCUT2D eigenvalue weighted by molar-refractivity contribution is 0.417. The molecule has 0 amide bonds. The Balaban J connectivity index is 1.71. The number of hydrogen-bond donors (Lipinski definition) is 2. The zero-order valence-electron chi connectivity index (χ0n) is 18.2. The van der Waals surface area contributed by atoms with Crippen molar-refractivity contribution in [3.63, 3.8) is 0 Å². The molecule has 3 rings (SSSR count). The van der Waals surface area contributed by atoms with Gasteiger partial charge in [-0.2, -0.15) is 0 Å². The number of unbranched alkanes of at least 4 members (excludes halogenated alkanes) is 6. The predicted octanol–water partition coefficient (Wildman–Crippen LogP) is 7.34. The number of aromatic nitrogens is 2. The Labute approximate surface area is 188 Å². The molecule has 2 N–H and O–H groups in total. The number of anilines is 3. The van der Waals surface area contributed by atoms with E-state index in [0.29, 0.717) is 11.5 Å². The fourth-order valence-corrected chi connectivity index (χ4v) is 3.69. The lowest BCUT2D eigenvalue weighted by Crippen LogP contribution is -2.04. The van der Waals surface area contributed by atoms with Crippen LogP contribution in [-0.2, 0) is 0 Å². The summed E-state index contributed by atoms with van der Waals surface area (Å²) in [6.45, 7) is 3.11. The molecular formula is C24H30ClFN4O. The summed E-state index contributed by atoms with van der Waals surface area (Å²) in [6.07, 6.45) is 10.3. The van der Waals surface area contributed by atoms with Crippen LogP contribution in [0.25, 0.3) is 10.9 Å². The monoisotopic (exact) mass is 444 g/mol. The number of rotatable bonds is 12. The highest BCUT2D eigenvalue weighted by molar-refractivity contribution is 6.31. The molecule has 1 aromatic heterocycles. The molecule has 3 aromatic rings. The Morgan fingerprint density at radius 2 is 1.77 bits per heavy atom. The van der Waals surface area contributed by atoms with Crippen molar-refractivity contribution in [2.24, 2.45) is 0 Å². The van der Waals surface area contributed by atoms with E-state index in [1.807, 2.05) is 12.1 Å². The highest BCUT2D eigenvalue weighted by Crippen LogP contribution is 2.33. The van der Waals surface area contributed by atoms with Crippen LogP contribution >= 0.6 is 11.6 Å². The number of methoxy groups -OCH3 is 1. The van der Waals surface area contributed by atoms with E-state index in [2.05, 4.69) is 27.5 Å².